The molecule has 5 heteroatoms. The molecule has 0 aliphatic carbocycles. The summed E-state index contributed by atoms with van der Waals surface area (Å²) in [6.07, 6.45) is 0.706. The molecule has 0 saturated heterocycles. The van der Waals surface area contributed by atoms with Gasteiger partial charge in [0.05, 0.1) is 5.02 Å². The maximum Gasteiger partial charge on any atom is 0.173 e. The molecule has 1 aromatic carbocycles. The quantitative estimate of drug-likeness (QED) is 0.918. The van der Waals surface area contributed by atoms with E-state index in [4.69, 9.17) is 21.9 Å². The van der Waals surface area contributed by atoms with Gasteiger partial charge in [-0.15, -0.1) is 0 Å². The molecule has 0 bridgehead atoms. The molecule has 0 aliphatic heterocycles. The second kappa shape index (κ2) is 4.98. The zero-order chi connectivity index (χ0) is 13.3. The molecule has 0 aliphatic rings. The Labute approximate surface area is 110 Å². The molecule has 0 amide bonds. The number of benzene rings is 1. The molecule has 96 valence electrons. The van der Waals surface area contributed by atoms with Crippen molar-refractivity contribution in [3.8, 4) is 11.3 Å². The lowest BCUT2D eigenvalue weighted by molar-refractivity contribution is 0.434. The van der Waals surface area contributed by atoms with Gasteiger partial charge in [-0.25, -0.2) is 4.39 Å². The highest BCUT2D eigenvalue weighted by Crippen LogP contribution is 2.35. The van der Waals surface area contributed by atoms with Crippen LogP contribution in [-0.4, -0.2) is 5.16 Å². The first kappa shape index (κ1) is 12.9. The molecule has 0 atom stereocenters. The molecular weight excluding hydrogens is 255 g/mol. The summed E-state index contributed by atoms with van der Waals surface area (Å²) in [6.45, 7) is 4.12. The number of rotatable bonds is 3. The van der Waals surface area contributed by atoms with Crippen molar-refractivity contribution in [1.29, 1.82) is 0 Å². The summed E-state index contributed by atoms with van der Waals surface area (Å²) in [4.78, 5) is 0. The summed E-state index contributed by atoms with van der Waals surface area (Å²) in [5.74, 6) is 0.683. The number of aromatic nitrogens is 1. The van der Waals surface area contributed by atoms with Crippen LogP contribution in [0.2, 0.25) is 5.02 Å². The minimum Gasteiger partial charge on any atom is -0.381 e. The van der Waals surface area contributed by atoms with Crippen LogP contribution >= 0.6 is 11.6 Å². The van der Waals surface area contributed by atoms with E-state index in [2.05, 4.69) is 19.0 Å². The standard InChI is InChI=1S/C13H14ClFN2O/c1-7(2)6-9-12(18-17-13(9)16)8-4-3-5-10(15)11(8)14/h3-5,7H,6H2,1-2H3,(H2,16,17). The largest absolute Gasteiger partial charge is 0.381 e. The third-order valence-electron chi connectivity index (χ3n) is 2.63. The molecule has 0 fully saturated rings. The molecular formula is C13H14ClFN2O. The van der Waals surface area contributed by atoms with Gasteiger partial charge in [0.2, 0.25) is 0 Å². The number of nitrogens with two attached hydrogens (primary N) is 1. The fourth-order valence-electron chi connectivity index (χ4n) is 1.82. The second-order valence-electron chi connectivity index (χ2n) is 4.57. The minimum atomic E-state index is -0.486. The Balaban J connectivity index is 2.54. The van der Waals surface area contributed by atoms with Crippen molar-refractivity contribution in [3.63, 3.8) is 0 Å². The maximum absolute atomic E-state index is 13.4. The van der Waals surface area contributed by atoms with Crippen LogP contribution in [0.4, 0.5) is 10.2 Å². The first-order valence-electron chi connectivity index (χ1n) is 5.69. The van der Waals surface area contributed by atoms with Crippen LogP contribution < -0.4 is 5.73 Å². The van der Waals surface area contributed by atoms with Gasteiger partial charge in [-0.3, -0.25) is 0 Å². The highest BCUT2D eigenvalue weighted by Gasteiger charge is 2.20. The first-order chi connectivity index (χ1) is 8.50. The van der Waals surface area contributed by atoms with Gasteiger partial charge in [0, 0.05) is 11.1 Å². The Morgan fingerprint density at radius 3 is 2.83 bits per heavy atom. The Bertz CT molecular complexity index is 566. The van der Waals surface area contributed by atoms with E-state index in [0.29, 0.717) is 29.5 Å². The molecule has 1 aromatic heterocycles. The van der Waals surface area contributed by atoms with Gasteiger partial charge in [0.1, 0.15) is 5.82 Å². The maximum atomic E-state index is 13.4. The van der Waals surface area contributed by atoms with Crippen molar-refractivity contribution in [3.05, 3.63) is 34.6 Å². The first-order valence-corrected chi connectivity index (χ1v) is 6.07. The molecule has 2 N–H and O–H groups in total. The summed E-state index contributed by atoms with van der Waals surface area (Å²) in [5.41, 5.74) is 7.03. The van der Waals surface area contributed by atoms with E-state index < -0.39 is 5.82 Å². The minimum absolute atomic E-state index is 0.0265. The Kier molecular flexibility index (Phi) is 3.57. The predicted octanol–water partition coefficient (Wildman–Crippen LogP) is 3.91. The normalized spacial score (nSPS) is 11.2. The smallest absolute Gasteiger partial charge is 0.173 e. The number of nitrogens with zero attached hydrogens (tertiary/aromatic N) is 1. The molecule has 0 unspecified atom stereocenters. The molecule has 3 nitrogen and oxygen atoms in total. The second-order valence-corrected chi connectivity index (χ2v) is 4.95. The topological polar surface area (TPSA) is 52.0 Å². The Hall–Kier alpha value is -1.55. The SMILES string of the molecule is CC(C)Cc1c(N)noc1-c1cccc(F)c1Cl. The van der Waals surface area contributed by atoms with Crippen molar-refractivity contribution in [2.24, 2.45) is 5.92 Å². The van der Waals surface area contributed by atoms with Gasteiger partial charge < -0.3 is 10.3 Å². The Morgan fingerprint density at radius 2 is 2.17 bits per heavy atom. The summed E-state index contributed by atoms with van der Waals surface area (Å²) < 4.78 is 18.6. The zero-order valence-corrected chi connectivity index (χ0v) is 11.0. The van der Waals surface area contributed by atoms with Crippen LogP contribution in [0.25, 0.3) is 11.3 Å². The lowest BCUT2D eigenvalue weighted by Gasteiger charge is -2.06. The molecule has 2 rings (SSSR count). The van der Waals surface area contributed by atoms with Crippen LogP contribution in [0.3, 0.4) is 0 Å². The summed E-state index contributed by atoms with van der Waals surface area (Å²) in [7, 11) is 0. The van der Waals surface area contributed by atoms with Gasteiger partial charge in [-0.2, -0.15) is 0 Å². The van der Waals surface area contributed by atoms with Gasteiger partial charge in [0.15, 0.2) is 11.6 Å². The molecule has 0 spiro atoms. The van der Waals surface area contributed by atoms with E-state index in [-0.39, 0.29) is 5.02 Å². The Morgan fingerprint density at radius 1 is 1.44 bits per heavy atom. The molecule has 0 saturated carbocycles. The van der Waals surface area contributed by atoms with Crippen LogP contribution in [0, 0.1) is 11.7 Å². The molecule has 1 heterocycles. The monoisotopic (exact) mass is 268 g/mol. The van der Waals surface area contributed by atoms with E-state index in [0.717, 1.165) is 5.56 Å². The number of nitrogen functional groups attached to an aromatic ring is 1. The van der Waals surface area contributed by atoms with Crippen molar-refractivity contribution < 1.29 is 8.91 Å². The number of anilines is 1. The van der Waals surface area contributed by atoms with Gasteiger partial charge in [-0.05, 0) is 24.5 Å². The number of hydrogen-bond acceptors (Lipinski definition) is 3. The molecule has 0 radical (unpaired) electrons. The number of hydrogen-bond donors (Lipinski definition) is 1. The molecule has 2 aromatic rings. The lowest BCUT2D eigenvalue weighted by atomic mass is 9.99. The van der Waals surface area contributed by atoms with Crippen molar-refractivity contribution >= 4 is 17.4 Å². The van der Waals surface area contributed by atoms with Crippen LogP contribution in [0.1, 0.15) is 19.4 Å². The summed E-state index contributed by atoms with van der Waals surface area (Å²) in [5, 5.41) is 3.77. The summed E-state index contributed by atoms with van der Waals surface area (Å²) in [6, 6.07) is 4.57. The fourth-order valence-corrected chi connectivity index (χ4v) is 2.03. The van der Waals surface area contributed by atoms with Gasteiger partial charge in [-0.1, -0.05) is 36.7 Å². The predicted molar refractivity (Wildman–Crippen MR) is 69.9 cm³/mol. The van der Waals surface area contributed by atoms with Gasteiger partial charge >= 0.3 is 0 Å². The van der Waals surface area contributed by atoms with Crippen LogP contribution in [0.15, 0.2) is 22.7 Å². The third kappa shape index (κ3) is 2.34. The lowest BCUT2D eigenvalue weighted by Crippen LogP contribution is -1.99. The van der Waals surface area contributed by atoms with Crippen LogP contribution in [0.5, 0.6) is 0 Å². The van der Waals surface area contributed by atoms with E-state index in [1.165, 1.54) is 6.07 Å². The van der Waals surface area contributed by atoms with E-state index in [1.807, 2.05) is 0 Å². The summed E-state index contributed by atoms with van der Waals surface area (Å²) >= 11 is 5.94. The average Bonchev–Trinajstić information content (AvgIpc) is 2.64. The van der Waals surface area contributed by atoms with Crippen molar-refractivity contribution in [1.82, 2.24) is 5.16 Å². The fraction of sp³-hybridized carbons (Fsp3) is 0.308. The highest BCUT2D eigenvalue weighted by molar-refractivity contribution is 6.33. The van der Waals surface area contributed by atoms with E-state index >= 15 is 0 Å². The zero-order valence-electron chi connectivity index (χ0n) is 10.2. The van der Waals surface area contributed by atoms with Crippen molar-refractivity contribution in [2.75, 3.05) is 5.73 Å². The number of halogens is 2. The van der Waals surface area contributed by atoms with E-state index in [9.17, 15) is 4.39 Å². The highest BCUT2D eigenvalue weighted by atomic mass is 35.5. The van der Waals surface area contributed by atoms with Crippen LogP contribution in [-0.2, 0) is 6.42 Å². The third-order valence-corrected chi connectivity index (χ3v) is 3.01. The van der Waals surface area contributed by atoms with Crippen molar-refractivity contribution in [2.45, 2.75) is 20.3 Å². The van der Waals surface area contributed by atoms with Gasteiger partial charge in [0.25, 0.3) is 0 Å². The van der Waals surface area contributed by atoms with E-state index in [1.54, 1.807) is 12.1 Å². The average molecular weight is 269 g/mol. The molecule has 18 heavy (non-hydrogen) atoms.